The van der Waals surface area contributed by atoms with Crippen LogP contribution in [0.3, 0.4) is 0 Å². The van der Waals surface area contributed by atoms with Gasteiger partial charge in [-0.2, -0.15) is 10.1 Å². The highest BCUT2D eigenvalue weighted by atomic mass is 32.1. The van der Waals surface area contributed by atoms with Crippen molar-refractivity contribution in [1.29, 1.82) is 0 Å². The molecule has 0 spiro atoms. The molecule has 172 valence electrons. The summed E-state index contributed by atoms with van der Waals surface area (Å²) in [5, 5.41) is 1.49. The number of amides is 1. The van der Waals surface area contributed by atoms with E-state index < -0.39 is 0 Å². The first-order valence-corrected chi connectivity index (χ1v) is 12.0. The predicted octanol–water partition coefficient (Wildman–Crippen LogP) is 3.29. The number of quaternary nitrogens is 1. The van der Waals surface area contributed by atoms with Crippen LogP contribution in [-0.2, 0) is 4.74 Å². The number of hydrogen-bond donors (Lipinski definition) is 1. The Morgan fingerprint density at radius 3 is 2.91 bits per heavy atom. The van der Waals surface area contributed by atoms with Gasteiger partial charge >= 0.3 is 0 Å². The third-order valence-electron chi connectivity index (χ3n) is 6.24. The van der Waals surface area contributed by atoms with Gasteiger partial charge in [-0.15, -0.1) is 11.3 Å². The topological polar surface area (TPSA) is 62.5 Å². The molecule has 9 heteroatoms. The molecule has 1 aromatic heterocycles. The van der Waals surface area contributed by atoms with Crippen LogP contribution in [-0.4, -0.2) is 53.1 Å². The van der Waals surface area contributed by atoms with E-state index in [0.29, 0.717) is 35.4 Å². The van der Waals surface area contributed by atoms with Crippen molar-refractivity contribution in [3.8, 4) is 10.4 Å². The van der Waals surface area contributed by atoms with Gasteiger partial charge in [0, 0.05) is 19.0 Å². The van der Waals surface area contributed by atoms with E-state index in [0.717, 1.165) is 45.3 Å². The molecule has 33 heavy (non-hydrogen) atoms. The molecule has 4 heterocycles. The fourth-order valence-corrected chi connectivity index (χ4v) is 5.63. The summed E-state index contributed by atoms with van der Waals surface area (Å²) in [7, 11) is 1.52. The largest absolute Gasteiger partial charge is 0.488 e. The number of aryl methyl sites for hydroxylation is 1. The molecular formula is C24H27FN5O2S+. The van der Waals surface area contributed by atoms with E-state index in [4.69, 9.17) is 9.73 Å². The Hall–Kier alpha value is -3.04. The molecule has 1 saturated heterocycles. The van der Waals surface area contributed by atoms with Crippen LogP contribution in [0.15, 0.2) is 59.2 Å². The van der Waals surface area contributed by atoms with Crippen LogP contribution in [0.2, 0.25) is 0 Å². The molecule has 3 aliphatic heterocycles. The summed E-state index contributed by atoms with van der Waals surface area (Å²) in [6, 6.07) is 10.00. The first-order chi connectivity index (χ1) is 16.0. The first-order valence-electron chi connectivity index (χ1n) is 11.2. The van der Waals surface area contributed by atoms with Gasteiger partial charge < -0.3 is 9.64 Å². The Labute approximate surface area is 196 Å². The number of carbonyl (C=O) groups excluding carboxylic acids is 1. The summed E-state index contributed by atoms with van der Waals surface area (Å²) < 4.78 is 19.2. The van der Waals surface area contributed by atoms with Crippen LogP contribution >= 0.6 is 11.3 Å². The highest BCUT2D eigenvalue weighted by Crippen LogP contribution is 2.33. The Kier molecular flexibility index (Phi) is 5.99. The number of fused-ring (bicyclic) bond motifs is 1. The molecule has 0 bridgehead atoms. The summed E-state index contributed by atoms with van der Waals surface area (Å²) in [6.45, 7) is 2.80. The summed E-state index contributed by atoms with van der Waals surface area (Å²) >= 11 is 1.55. The molecule has 2 atom stereocenters. The maximum Gasteiger partial charge on any atom is 0.277 e. The van der Waals surface area contributed by atoms with E-state index in [1.54, 1.807) is 11.3 Å². The molecule has 0 aliphatic carbocycles. The van der Waals surface area contributed by atoms with Crippen molar-refractivity contribution >= 4 is 23.1 Å². The van der Waals surface area contributed by atoms with Gasteiger partial charge in [-0.25, -0.2) is 9.88 Å². The second kappa shape index (κ2) is 9.07. The third-order valence-corrected chi connectivity index (χ3v) is 7.26. The van der Waals surface area contributed by atoms with E-state index >= 15 is 0 Å². The van der Waals surface area contributed by atoms with Crippen molar-refractivity contribution in [1.82, 2.24) is 15.0 Å². The van der Waals surface area contributed by atoms with Crippen LogP contribution in [0.5, 0.6) is 0 Å². The number of carbonyl (C=O) groups is 1. The van der Waals surface area contributed by atoms with Gasteiger partial charge in [0.25, 0.3) is 11.7 Å². The summed E-state index contributed by atoms with van der Waals surface area (Å²) in [5.74, 6) is 1.09. The van der Waals surface area contributed by atoms with Crippen molar-refractivity contribution in [2.45, 2.75) is 38.6 Å². The number of ether oxygens (including phenoxy) is 1. The van der Waals surface area contributed by atoms with Gasteiger partial charge in [0.05, 0.1) is 23.2 Å². The minimum Gasteiger partial charge on any atom is -0.488 e. The van der Waals surface area contributed by atoms with Crippen LogP contribution in [0.1, 0.15) is 41.2 Å². The predicted molar refractivity (Wildman–Crippen MR) is 125 cm³/mol. The number of piperidine rings is 1. The fraction of sp³-hybridized carbons (Fsp3) is 0.375. The summed E-state index contributed by atoms with van der Waals surface area (Å²) in [5.41, 5.74) is 2.41. The number of benzene rings is 1. The number of amidine groups is 1. The molecule has 5 rings (SSSR count). The summed E-state index contributed by atoms with van der Waals surface area (Å²) in [4.78, 5) is 26.8. The molecule has 3 aliphatic rings. The minimum atomic E-state index is -0.0216. The lowest BCUT2D eigenvalue weighted by atomic mass is 9.97. The van der Waals surface area contributed by atoms with Crippen molar-refractivity contribution in [2.75, 3.05) is 20.3 Å². The minimum absolute atomic E-state index is 0.0216. The van der Waals surface area contributed by atoms with Crippen LogP contribution < -0.4 is 4.90 Å². The van der Waals surface area contributed by atoms with Gasteiger partial charge in [-0.3, -0.25) is 4.79 Å². The zero-order valence-corrected chi connectivity index (χ0v) is 19.6. The van der Waals surface area contributed by atoms with E-state index in [9.17, 15) is 9.28 Å². The lowest BCUT2D eigenvalue weighted by Gasteiger charge is -2.35. The Morgan fingerprint density at radius 2 is 2.12 bits per heavy atom. The number of methoxy groups -OCH3 is 1. The van der Waals surface area contributed by atoms with E-state index in [1.165, 1.54) is 13.3 Å². The van der Waals surface area contributed by atoms with Crippen molar-refractivity contribution in [3.63, 3.8) is 0 Å². The molecule has 7 nitrogen and oxygen atoms in total. The normalized spacial score (nSPS) is 22.5. The maximum atomic E-state index is 13.9. The van der Waals surface area contributed by atoms with Crippen molar-refractivity contribution in [2.24, 2.45) is 4.99 Å². The lowest BCUT2D eigenvalue weighted by molar-refractivity contribution is -0.765. The highest BCUT2D eigenvalue weighted by Gasteiger charge is 2.37. The van der Waals surface area contributed by atoms with E-state index in [-0.39, 0.29) is 18.6 Å². The number of nitrogens with one attached hydrogen (secondary N) is 1. The second-order valence-corrected chi connectivity index (χ2v) is 9.71. The monoisotopic (exact) mass is 468 g/mol. The van der Waals surface area contributed by atoms with Gasteiger partial charge in [-0.1, -0.05) is 34.8 Å². The fourth-order valence-electron chi connectivity index (χ4n) is 4.72. The van der Waals surface area contributed by atoms with Gasteiger partial charge in [0.2, 0.25) is 5.76 Å². The molecule has 1 amide bonds. The number of likely N-dealkylation sites (tertiary alicyclic amines) is 1. The average molecular weight is 469 g/mol. The van der Waals surface area contributed by atoms with Gasteiger partial charge in [0.15, 0.2) is 6.67 Å². The van der Waals surface area contributed by atoms with Gasteiger partial charge in [0.1, 0.15) is 17.6 Å². The molecule has 0 radical (unpaired) electrons. The quantitative estimate of drug-likeness (QED) is 0.684. The number of aromatic nitrogens is 1. The molecule has 1 aromatic carbocycles. The number of aliphatic imine (C=N–C) groups is 1. The molecule has 1 fully saturated rings. The van der Waals surface area contributed by atoms with Crippen LogP contribution in [0, 0.1) is 6.92 Å². The van der Waals surface area contributed by atoms with Crippen molar-refractivity contribution in [3.05, 3.63) is 64.9 Å². The molecule has 2 aromatic rings. The average Bonchev–Trinajstić information content (AvgIpc) is 3.42. The number of halogens is 1. The Balaban J connectivity index is 1.39. The van der Waals surface area contributed by atoms with E-state index in [1.807, 2.05) is 48.4 Å². The SMILES string of the molecule is COC1=CN(F)C[NH+]2C=C(C[C@@H]3CCCCN3C(=O)c3nc(C)sc3-c3ccccc3)N=C12. The second-order valence-electron chi connectivity index (χ2n) is 8.51. The zero-order valence-electron chi connectivity index (χ0n) is 18.8. The molecular weight excluding hydrogens is 441 g/mol. The first kappa shape index (κ1) is 21.8. The third kappa shape index (κ3) is 4.30. The van der Waals surface area contributed by atoms with Crippen molar-refractivity contribution < 1.29 is 18.9 Å². The molecule has 1 N–H and O–H groups in total. The van der Waals surface area contributed by atoms with E-state index in [2.05, 4.69) is 4.98 Å². The summed E-state index contributed by atoms with van der Waals surface area (Å²) in [6.07, 6.45) is 6.85. The number of thiazole rings is 1. The van der Waals surface area contributed by atoms with Crippen LogP contribution in [0.25, 0.3) is 10.4 Å². The molecule has 1 unspecified atom stereocenters. The van der Waals surface area contributed by atoms with Crippen LogP contribution in [0.4, 0.5) is 4.48 Å². The smallest absolute Gasteiger partial charge is 0.277 e. The zero-order chi connectivity index (χ0) is 22.9. The Morgan fingerprint density at radius 1 is 1.30 bits per heavy atom. The molecule has 0 saturated carbocycles. The lowest BCUT2D eigenvalue weighted by Crippen LogP contribution is -3.11. The van der Waals surface area contributed by atoms with Gasteiger partial charge in [-0.05, 0) is 31.7 Å². The number of hydrogen-bond acceptors (Lipinski definition) is 6. The maximum absolute atomic E-state index is 13.9. The highest BCUT2D eigenvalue weighted by molar-refractivity contribution is 7.15. The standard InChI is InChI=1S/C24H26FN5O2S/c1-16-26-21(22(33-16)17-8-4-3-5-9-17)24(31)30-11-7-6-10-19(30)12-18-13-28-15-29(25)14-20(32-2)23(28)27-18/h3-5,8-9,13-14,19H,6-7,10-12,15H2,1-2H3/p+1/t19-/m0/s1. The number of rotatable bonds is 5. The number of nitrogens with zero attached hydrogens (tertiary/aromatic N) is 4. The Bertz CT molecular complexity index is 1140.